The number of nitrogens with zero attached hydrogens (tertiary/aromatic N) is 3. The van der Waals surface area contributed by atoms with E-state index in [-0.39, 0.29) is 21.4 Å². The molecule has 0 fully saturated rings. The van der Waals surface area contributed by atoms with Crippen molar-refractivity contribution in [1.82, 2.24) is 14.2 Å². The van der Waals surface area contributed by atoms with Crippen LogP contribution in [0.4, 0.5) is 0 Å². The van der Waals surface area contributed by atoms with Crippen molar-refractivity contribution in [2.75, 3.05) is 14.2 Å². The van der Waals surface area contributed by atoms with Crippen LogP contribution in [0, 0.1) is 0 Å². The lowest BCUT2D eigenvalue weighted by molar-refractivity contribution is 0.392. The number of ether oxygens (including phenoxy) is 2. The Morgan fingerprint density at radius 1 is 1.11 bits per heavy atom. The molecule has 2 aromatic rings. The van der Waals surface area contributed by atoms with E-state index in [1.807, 2.05) is 0 Å². The lowest BCUT2D eigenvalue weighted by Gasteiger charge is -2.12. The molecular formula is C10H10ClN3O4S. The van der Waals surface area contributed by atoms with E-state index in [9.17, 15) is 8.42 Å². The van der Waals surface area contributed by atoms with Crippen LogP contribution in [0.1, 0.15) is 0 Å². The van der Waals surface area contributed by atoms with Gasteiger partial charge in [-0.05, 0) is 0 Å². The van der Waals surface area contributed by atoms with Gasteiger partial charge in [-0.25, -0.2) is 12.4 Å². The lowest BCUT2D eigenvalue weighted by Crippen LogP contribution is -2.12. The fourth-order valence-electron chi connectivity index (χ4n) is 1.46. The molecule has 0 radical (unpaired) electrons. The number of methoxy groups -OCH3 is 2. The minimum Gasteiger partial charge on any atom is -0.495 e. The molecule has 1 heterocycles. The fourth-order valence-corrected chi connectivity index (χ4v) is 2.91. The number of hydrogen-bond donors (Lipinski definition) is 0. The Bertz CT molecular complexity index is 685. The second kappa shape index (κ2) is 5.06. The molecule has 0 aliphatic carbocycles. The van der Waals surface area contributed by atoms with Crippen LogP contribution in [-0.2, 0) is 10.0 Å². The molecule has 2 rings (SSSR count). The molecule has 0 atom stereocenters. The van der Waals surface area contributed by atoms with Crippen LogP contribution in [0.25, 0.3) is 0 Å². The van der Waals surface area contributed by atoms with Crippen LogP contribution in [0.5, 0.6) is 11.5 Å². The molecule has 9 heteroatoms. The summed E-state index contributed by atoms with van der Waals surface area (Å²) >= 11 is 5.92. The highest BCUT2D eigenvalue weighted by atomic mass is 35.5. The zero-order valence-electron chi connectivity index (χ0n) is 10.1. The van der Waals surface area contributed by atoms with Gasteiger partial charge in [0.2, 0.25) is 0 Å². The number of rotatable bonds is 4. The van der Waals surface area contributed by atoms with Gasteiger partial charge in [0.15, 0.2) is 0 Å². The quantitative estimate of drug-likeness (QED) is 0.843. The summed E-state index contributed by atoms with van der Waals surface area (Å²) in [5.74, 6) is 0.341. The molecule has 7 nitrogen and oxygen atoms in total. The fraction of sp³-hybridized carbons (Fsp3) is 0.200. The molecule has 102 valence electrons. The lowest BCUT2D eigenvalue weighted by atomic mass is 10.3. The maximum Gasteiger partial charge on any atom is 0.274 e. The zero-order chi connectivity index (χ0) is 14.0. The summed E-state index contributed by atoms with van der Waals surface area (Å²) < 4.78 is 35.6. The third kappa shape index (κ3) is 2.36. The molecule has 0 saturated carbocycles. The number of aromatic nitrogens is 3. The third-order valence-electron chi connectivity index (χ3n) is 2.39. The van der Waals surface area contributed by atoms with Crippen molar-refractivity contribution in [3.05, 3.63) is 29.8 Å². The van der Waals surface area contributed by atoms with E-state index in [2.05, 4.69) is 10.2 Å². The van der Waals surface area contributed by atoms with E-state index >= 15 is 0 Å². The Kier molecular flexibility index (Phi) is 3.63. The molecule has 19 heavy (non-hydrogen) atoms. The Morgan fingerprint density at radius 2 is 1.68 bits per heavy atom. The molecule has 0 bridgehead atoms. The van der Waals surface area contributed by atoms with E-state index in [1.165, 1.54) is 26.4 Å². The molecule has 0 N–H and O–H groups in total. The van der Waals surface area contributed by atoms with Crippen LogP contribution >= 0.6 is 11.6 Å². The van der Waals surface area contributed by atoms with Gasteiger partial charge in [-0.3, -0.25) is 0 Å². The van der Waals surface area contributed by atoms with Gasteiger partial charge in [0.05, 0.1) is 19.2 Å². The maximum absolute atomic E-state index is 12.4. The van der Waals surface area contributed by atoms with E-state index in [4.69, 9.17) is 21.1 Å². The smallest absolute Gasteiger partial charge is 0.274 e. The second-order valence-corrected chi connectivity index (χ2v) is 5.65. The SMILES string of the molecule is COc1cc(S(=O)(=O)n2cnnc2)c(OC)cc1Cl. The van der Waals surface area contributed by atoms with Gasteiger partial charge in [-0.1, -0.05) is 11.6 Å². The highest BCUT2D eigenvalue weighted by Crippen LogP contribution is 2.35. The summed E-state index contributed by atoms with van der Waals surface area (Å²) in [5, 5.41) is 7.18. The van der Waals surface area contributed by atoms with Crippen molar-refractivity contribution < 1.29 is 17.9 Å². The molecule has 0 aliphatic rings. The number of benzene rings is 1. The first-order valence-corrected chi connectivity index (χ1v) is 6.84. The summed E-state index contributed by atoms with van der Waals surface area (Å²) in [5.41, 5.74) is 0. The maximum atomic E-state index is 12.4. The Morgan fingerprint density at radius 3 is 2.21 bits per heavy atom. The van der Waals surface area contributed by atoms with Gasteiger partial charge < -0.3 is 9.47 Å². The van der Waals surface area contributed by atoms with Crippen molar-refractivity contribution in [2.45, 2.75) is 4.90 Å². The van der Waals surface area contributed by atoms with Crippen LogP contribution in [0.3, 0.4) is 0 Å². The van der Waals surface area contributed by atoms with Crippen molar-refractivity contribution in [3.63, 3.8) is 0 Å². The van der Waals surface area contributed by atoms with Crippen molar-refractivity contribution in [3.8, 4) is 11.5 Å². The predicted octanol–water partition coefficient (Wildman–Crippen LogP) is 1.19. The molecule has 0 amide bonds. The first-order chi connectivity index (χ1) is 9.00. The van der Waals surface area contributed by atoms with E-state index in [0.29, 0.717) is 0 Å². The van der Waals surface area contributed by atoms with Gasteiger partial charge in [-0.15, -0.1) is 10.2 Å². The number of hydrogen-bond acceptors (Lipinski definition) is 6. The van der Waals surface area contributed by atoms with E-state index in [1.54, 1.807) is 0 Å². The first-order valence-electron chi connectivity index (χ1n) is 5.02. The summed E-state index contributed by atoms with van der Waals surface area (Å²) in [6, 6.07) is 2.66. The van der Waals surface area contributed by atoms with Crippen molar-refractivity contribution in [1.29, 1.82) is 0 Å². The predicted molar refractivity (Wildman–Crippen MR) is 67.2 cm³/mol. The Labute approximate surface area is 114 Å². The molecular weight excluding hydrogens is 294 g/mol. The first kappa shape index (κ1) is 13.6. The molecule has 1 aromatic heterocycles. The third-order valence-corrected chi connectivity index (χ3v) is 4.30. The summed E-state index contributed by atoms with van der Waals surface area (Å²) in [6.07, 6.45) is 2.16. The van der Waals surface area contributed by atoms with Crippen LogP contribution in [0.15, 0.2) is 29.7 Å². The van der Waals surface area contributed by atoms with Crippen molar-refractivity contribution >= 4 is 21.6 Å². The molecule has 0 aliphatic heterocycles. The topological polar surface area (TPSA) is 83.3 Å². The second-order valence-electron chi connectivity index (χ2n) is 3.43. The van der Waals surface area contributed by atoms with Crippen molar-refractivity contribution in [2.24, 2.45) is 0 Å². The summed E-state index contributed by atoms with van der Waals surface area (Å²) in [7, 11) is -1.12. The average Bonchev–Trinajstić information content (AvgIpc) is 2.92. The highest BCUT2D eigenvalue weighted by Gasteiger charge is 2.24. The van der Waals surface area contributed by atoms with Gasteiger partial charge in [0, 0.05) is 12.1 Å². The minimum absolute atomic E-state index is 0.0870. The Balaban J connectivity index is 2.68. The monoisotopic (exact) mass is 303 g/mol. The van der Waals surface area contributed by atoms with Gasteiger partial charge in [-0.2, -0.15) is 0 Å². The molecule has 1 aromatic carbocycles. The van der Waals surface area contributed by atoms with Gasteiger partial charge in [0.25, 0.3) is 10.0 Å². The molecule has 0 unspecified atom stereocenters. The number of halogens is 1. The zero-order valence-corrected chi connectivity index (χ0v) is 11.6. The minimum atomic E-state index is -3.86. The molecule has 0 spiro atoms. The van der Waals surface area contributed by atoms with Gasteiger partial charge in [0.1, 0.15) is 29.0 Å². The largest absolute Gasteiger partial charge is 0.495 e. The summed E-state index contributed by atoms with van der Waals surface area (Å²) in [4.78, 5) is -0.0870. The Hall–Kier alpha value is -1.80. The average molecular weight is 304 g/mol. The molecule has 0 saturated heterocycles. The standard InChI is InChI=1S/C10H10ClN3O4S/c1-17-8-4-10(9(18-2)3-7(8)11)19(15,16)14-5-12-13-6-14/h3-6H,1-2H3. The highest BCUT2D eigenvalue weighted by molar-refractivity contribution is 7.90. The van der Waals surface area contributed by atoms with Crippen LogP contribution in [0.2, 0.25) is 5.02 Å². The normalized spacial score (nSPS) is 11.3. The van der Waals surface area contributed by atoms with Crippen LogP contribution in [-0.4, -0.2) is 36.8 Å². The van der Waals surface area contributed by atoms with Gasteiger partial charge >= 0.3 is 0 Å². The van der Waals surface area contributed by atoms with Crippen LogP contribution < -0.4 is 9.47 Å². The van der Waals surface area contributed by atoms with E-state index < -0.39 is 10.0 Å². The summed E-state index contributed by atoms with van der Waals surface area (Å²) in [6.45, 7) is 0. The van der Waals surface area contributed by atoms with E-state index in [0.717, 1.165) is 16.6 Å².